The van der Waals surface area contributed by atoms with Crippen LogP contribution in [-0.2, 0) is 9.59 Å². The number of benzene rings is 1. The third kappa shape index (κ3) is 8.42. The van der Waals surface area contributed by atoms with E-state index in [9.17, 15) is 14.0 Å². The summed E-state index contributed by atoms with van der Waals surface area (Å²) in [7, 11) is 0. The quantitative estimate of drug-likeness (QED) is 0.238. The van der Waals surface area contributed by atoms with Gasteiger partial charge in [0.2, 0.25) is 0 Å². The summed E-state index contributed by atoms with van der Waals surface area (Å²) >= 11 is 1.35. The first kappa shape index (κ1) is 29.5. The molecule has 1 atom stereocenters. The number of rotatable bonds is 10. The second-order valence-electron chi connectivity index (χ2n) is 8.06. The first-order valence-electron chi connectivity index (χ1n) is 12.0. The number of aliphatic carboxylic acids is 1. The lowest BCUT2D eigenvalue weighted by molar-refractivity contribution is -0.136. The summed E-state index contributed by atoms with van der Waals surface area (Å²) in [5.41, 5.74) is 3.15. The number of pyridine rings is 1. The standard InChI is InChI=1S/C25H25FN4O3S.C3H8/c1-4-20(21-15-28-30(22(21)5-2)19-8-6-18(26)7-9-19)25(33)29-16(3)17-10-12-27-23(14-17)34-13-11-24(31)32;1-3-2/h4-10,12,14-16H,2,11,13H2,1,3H3,(H,29,33)(H,31,32);3H2,1-2H3/b20-4+;. The number of amides is 1. The number of thioether (sulfide) groups is 1. The van der Waals surface area contributed by atoms with Crippen molar-refractivity contribution in [2.75, 3.05) is 5.75 Å². The van der Waals surface area contributed by atoms with E-state index in [1.807, 2.05) is 19.1 Å². The fourth-order valence-electron chi connectivity index (χ4n) is 3.33. The molecule has 3 rings (SSSR count). The average Bonchev–Trinajstić information content (AvgIpc) is 3.29. The zero-order chi connectivity index (χ0) is 27.4. The van der Waals surface area contributed by atoms with Crippen LogP contribution in [0.4, 0.5) is 4.39 Å². The van der Waals surface area contributed by atoms with Crippen molar-refractivity contribution in [1.82, 2.24) is 20.1 Å². The highest BCUT2D eigenvalue weighted by molar-refractivity contribution is 7.99. The monoisotopic (exact) mass is 524 g/mol. The van der Waals surface area contributed by atoms with Gasteiger partial charge in [0, 0.05) is 23.1 Å². The normalized spacial score (nSPS) is 11.8. The Morgan fingerprint density at radius 2 is 1.92 bits per heavy atom. The second kappa shape index (κ2) is 14.7. The van der Waals surface area contributed by atoms with Gasteiger partial charge in [-0.25, -0.2) is 14.1 Å². The van der Waals surface area contributed by atoms with Crippen molar-refractivity contribution in [3.63, 3.8) is 0 Å². The highest BCUT2D eigenvalue weighted by Crippen LogP contribution is 2.25. The summed E-state index contributed by atoms with van der Waals surface area (Å²) in [4.78, 5) is 28.1. The molecule has 1 aromatic carbocycles. The van der Waals surface area contributed by atoms with Gasteiger partial charge >= 0.3 is 5.97 Å². The lowest BCUT2D eigenvalue weighted by Gasteiger charge is -2.16. The summed E-state index contributed by atoms with van der Waals surface area (Å²) in [6, 6.07) is 9.23. The predicted molar refractivity (Wildman–Crippen MR) is 147 cm³/mol. The number of nitrogens with zero attached hydrogens (tertiary/aromatic N) is 3. The number of hydrogen-bond donors (Lipinski definition) is 2. The van der Waals surface area contributed by atoms with E-state index < -0.39 is 5.97 Å². The van der Waals surface area contributed by atoms with Gasteiger partial charge in [0.05, 0.1) is 35.1 Å². The number of nitrogens with one attached hydrogen (secondary N) is 1. The van der Waals surface area contributed by atoms with Crippen LogP contribution >= 0.6 is 11.8 Å². The molecule has 196 valence electrons. The van der Waals surface area contributed by atoms with E-state index in [2.05, 4.69) is 35.8 Å². The highest BCUT2D eigenvalue weighted by atomic mass is 32.2. The fourth-order valence-corrected chi connectivity index (χ4v) is 4.17. The van der Waals surface area contributed by atoms with Crippen molar-refractivity contribution < 1.29 is 19.1 Å². The Morgan fingerprint density at radius 1 is 1.24 bits per heavy atom. The Bertz CT molecular complexity index is 1240. The molecule has 2 N–H and O–H groups in total. The van der Waals surface area contributed by atoms with Crippen LogP contribution in [0.1, 0.15) is 63.4 Å². The molecule has 7 nitrogen and oxygen atoms in total. The van der Waals surface area contributed by atoms with E-state index in [-0.39, 0.29) is 24.2 Å². The molecule has 0 fully saturated rings. The molecule has 1 unspecified atom stereocenters. The number of carboxylic acids is 1. The van der Waals surface area contributed by atoms with Gasteiger partial charge in [-0.1, -0.05) is 32.9 Å². The summed E-state index contributed by atoms with van der Waals surface area (Å²) in [6.07, 6.45) is 7.84. The number of halogens is 1. The maximum atomic E-state index is 13.3. The van der Waals surface area contributed by atoms with Crippen molar-refractivity contribution >= 4 is 35.3 Å². The summed E-state index contributed by atoms with van der Waals surface area (Å²) < 4.78 is 14.9. The zero-order valence-corrected chi connectivity index (χ0v) is 22.4. The van der Waals surface area contributed by atoms with E-state index in [1.54, 1.807) is 48.3 Å². The molecule has 9 heteroatoms. The number of allylic oxidation sites excluding steroid dienone is 1. The molecule has 37 heavy (non-hydrogen) atoms. The van der Waals surface area contributed by atoms with Crippen LogP contribution in [-0.4, -0.2) is 37.5 Å². The van der Waals surface area contributed by atoms with Crippen LogP contribution in [0.25, 0.3) is 17.3 Å². The SMILES string of the molecule is C=Cc1c(/C(=C\C)C(=O)NC(C)c2ccnc(SCCC(=O)O)c2)cnn1-c1ccc(F)cc1.CCC. The molecule has 2 aromatic heterocycles. The Hall–Kier alpha value is -3.72. The first-order valence-corrected chi connectivity index (χ1v) is 13.0. The molecule has 1 amide bonds. The third-order valence-electron chi connectivity index (χ3n) is 5.07. The van der Waals surface area contributed by atoms with E-state index in [0.29, 0.717) is 33.3 Å². The Labute approximate surface area is 221 Å². The lowest BCUT2D eigenvalue weighted by Crippen LogP contribution is -2.27. The summed E-state index contributed by atoms with van der Waals surface area (Å²) in [6.45, 7) is 11.7. The first-order chi connectivity index (χ1) is 17.7. The van der Waals surface area contributed by atoms with Gasteiger partial charge in [0.15, 0.2) is 0 Å². The van der Waals surface area contributed by atoms with E-state index in [0.717, 1.165) is 5.56 Å². The van der Waals surface area contributed by atoms with E-state index in [4.69, 9.17) is 5.11 Å². The van der Waals surface area contributed by atoms with E-state index >= 15 is 0 Å². The molecule has 0 aliphatic rings. The molecule has 3 aromatic rings. The summed E-state index contributed by atoms with van der Waals surface area (Å²) in [5.74, 6) is -1.07. The molecule has 0 saturated carbocycles. The molecule has 0 spiro atoms. The van der Waals surface area contributed by atoms with Gasteiger partial charge in [-0.2, -0.15) is 5.10 Å². The lowest BCUT2D eigenvalue weighted by atomic mass is 10.0. The fraction of sp³-hybridized carbons (Fsp3) is 0.286. The smallest absolute Gasteiger partial charge is 0.304 e. The van der Waals surface area contributed by atoms with Crippen molar-refractivity contribution in [2.24, 2.45) is 0 Å². The summed E-state index contributed by atoms with van der Waals surface area (Å²) in [5, 5.41) is 16.9. The van der Waals surface area contributed by atoms with Gasteiger partial charge in [-0.05, 0) is 61.9 Å². The number of carboxylic acid groups (broad SMARTS) is 1. The predicted octanol–water partition coefficient (Wildman–Crippen LogP) is 6.31. The second-order valence-corrected chi connectivity index (χ2v) is 9.18. The number of carbonyl (C=O) groups excluding carboxylic acids is 1. The number of aromatic nitrogens is 3. The van der Waals surface area contributed by atoms with Gasteiger partial charge in [0.1, 0.15) is 5.82 Å². The molecular formula is C28H33FN4O3S. The van der Waals surface area contributed by atoms with Crippen LogP contribution in [0.3, 0.4) is 0 Å². The van der Waals surface area contributed by atoms with Crippen LogP contribution < -0.4 is 5.32 Å². The molecule has 2 heterocycles. The maximum absolute atomic E-state index is 13.3. The zero-order valence-electron chi connectivity index (χ0n) is 21.6. The van der Waals surface area contributed by atoms with Crippen molar-refractivity contribution in [3.05, 3.63) is 84.1 Å². The van der Waals surface area contributed by atoms with Gasteiger partial charge in [-0.3, -0.25) is 9.59 Å². The Morgan fingerprint density at radius 3 is 2.51 bits per heavy atom. The topological polar surface area (TPSA) is 97.1 Å². The molecule has 0 aliphatic carbocycles. The van der Waals surface area contributed by atoms with Gasteiger partial charge in [-0.15, -0.1) is 11.8 Å². The maximum Gasteiger partial charge on any atom is 0.304 e. The minimum atomic E-state index is -0.857. The average molecular weight is 525 g/mol. The Kier molecular flexibility index (Phi) is 11.8. The third-order valence-corrected chi connectivity index (χ3v) is 5.99. The van der Waals surface area contributed by atoms with Crippen LogP contribution in [0.15, 0.2) is 66.5 Å². The van der Waals surface area contributed by atoms with Crippen LogP contribution in [0.2, 0.25) is 0 Å². The molecular weight excluding hydrogens is 491 g/mol. The Balaban J connectivity index is 0.00000153. The van der Waals surface area contributed by atoms with Crippen LogP contribution in [0, 0.1) is 5.82 Å². The van der Waals surface area contributed by atoms with E-state index in [1.165, 1.54) is 30.3 Å². The molecule has 0 bridgehead atoms. The van der Waals surface area contributed by atoms with Gasteiger partial charge in [0.25, 0.3) is 5.91 Å². The largest absolute Gasteiger partial charge is 0.481 e. The minimum Gasteiger partial charge on any atom is -0.481 e. The van der Waals surface area contributed by atoms with Crippen molar-refractivity contribution in [2.45, 2.75) is 51.6 Å². The molecule has 0 aliphatic heterocycles. The molecule has 0 radical (unpaired) electrons. The molecule has 0 saturated heterocycles. The minimum absolute atomic E-state index is 0.0464. The highest BCUT2D eigenvalue weighted by Gasteiger charge is 2.20. The van der Waals surface area contributed by atoms with Crippen molar-refractivity contribution in [3.8, 4) is 5.69 Å². The van der Waals surface area contributed by atoms with Gasteiger partial charge < -0.3 is 10.4 Å². The number of hydrogen-bond acceptors (Lipinski definition) is 5. The van der Waals surface area contributed by atoms with Crippen molar-refractivity contribution in [1.29, 1.82) is 0 Å². The number of carbonyl (C=O) groups is 2. The van der Waals surface area contributed by atoms with Crippen LogP contribution in [0.5, 0.6) is 0 Å².